The SMILES string of the molecule is O=C1[C@@H](O)CCN1CC#CCN1CCC[C@@H]1CO. The van der Waals surface area contributed by atoms with E-state index in [1.54, 1.807) is 4.90 Å². The molecular formula is C13H20N2O3. The van der Waals surface area contributed by atoms with Crippen LogP contribution in [0.15, 0.2) is 0 Å². The topological polar surface area (TPSA) is 64.0 Å². The molecule has 2 aliphatic heterocycles. The summed E-state index contributed by atoms with van der Waals surface area (Å²) in [5.74, 6) is 5.80. The fourth-order valence-electron chi connectivity index (χ4n) is 2.50. The van der Waals surface area contributed by atoms with E-state index < -0.39 is 6.10 Å². The molecule has 2 saturated heterocycles. The molecule has 2 heterocycles. The lowest BCUT2D eigenvalue weighted by atomic mass is 10.2. The summed E-state index contributed by atoms with van der Waals surface area (Å²) < 4.78 is 0. The van der Waals surface area contributed by atoms with Crippen molar-refractivity contribution in [1.29, 1.82) is 0 Å². The molecule has 5 heteroatoms. The summed E-state index contributed by atoms with van der Waals surface area (Å²) in [5.41, 5.74) is 0. The molecule has 2 rings (SSSR count). The Morgan fingerprint density at radius 1 is 1.22 bits per heavy atom. The van der Waals surface area contributed by atoms with Crippen molar-refractivity contribution in [2.24, 2.45) is 0 Å². The zero-order chi connectivity index (χ0) is 13.0. The molecule has 100 valence electrons. The first-order valence-electron chi connectivity index (χ1n) is 6.50. The van der Waals surface area contributed by atoms with Gasteiger partial charge in [-0.15, -0.1) is 0 Å². The predicted octanol–water partition coefficient (Wildman–Crippen LogP) is -0.960. The van der Waals surface area contributed by atoms with Crippen molar-refractivity contribution >= 4 is 5.91 Å². The first kappa shape index (κ1) is 13.3. The summed E-state index contributed by atoms with van der Waals surface area (Å²) in [6, 6.07) is 0.245. The Hall–Kier alpha value is -1.09. The second kappa shape index (κ2) is 6.19. The summed E-state index contributed by atoms with van der Waals surface area (Å²) in [6.45, 7) is 2.82. The van der Waals surface area contributed by atoms with Gasteiger partial charge >= 0.3 is 0 Å². The van der Waals surface area contributed by atoms with Gasteiger partial charge in [0.2, 0.25) is 0 Å². The van der Waals surface area contributed by atoms with E-state index >= 15 is 0 Å². The summed E-state index contributed by atoms with van der Waals surface area (Å²) >= 11 is 0. The minimum absolute atomic E-state index is 0.193. The molecule has 0 radical (unpaired) electrons. The van der Waals surface area contributed by atoms with Gasteiger partial charge in [0, 0.05) is 12.6 Å². The van der Waals surface area contributed by atoms with Gasteiger partial charge in [-0.25, -0.2) is 0 Å². The van der Waals surface area contributed by atoms with E-state index in [2.05, 4.69) is 16.7 Å². The Kier molecular flexibility index (Phi) is 4.59. The molecule has 0 saturated carbocycles. The largest absolute Gasteiger partial charge is 0.395 e. The van der Waals surface area contributed by atoms with Crippen LogP contribution in [0.25, 0.3) is 0 Å². The Bertz CT molecular complexity index is 361. The zero-order valence-electron chi connectivity index (χ0n) is 10.5. The lowest BCUT2D eigenvalue weighted by Gasteiger charge is -2.19. The maximum atomic E-state index is 11.4. The quantitative estimate of drug-likeness (QED) is 0.635. The van der Waals surface area contributed by atoms with E-state index in [0.29, 0.717) is 26.1 Å². The van der Waals surface area contributed by atoms with Crippen molar-refractivity contribution in [3.8, 4) is 11.8 Å². The van der Waals surface area contributed by atoms with Crippen molar-refractivity contribution in [2.75, 3.05) is 32.8 Å². The third-order valence-electron chi connectivity index (χ3n) is 3.66. The number of carbonyl (C=O) groups excluding carboxylic acids is 1. The number of aliphatic hydroxyl groups is 2. The second-order valence-electron chi connectivity index (χ2n) is 4.87. The third-order valence-corrected chi connectivity index (χ3v) is 3.66. The summed E-state index contributed by atoms with van der Waals surface area (Å²) in [4.78, 5) is 15.2. The number of amides is 1. The van der Waals surface area contributed by atoms with Crippen LogP contribution in [0.4, 0.5) is 0 Å². The van der Waals surface area contributed by atoms with Crippen molar-refractivity contribution in [1.82, 2.24) is 9.80 Å². The van der Waals surface area contributed by atoms with E-state index in [-0.39, 0.29) is 18.6 Å². The Morgan fingerprint density at radius 3 is 2.67 bits per heavy atom. The van der Waals surface area contributed by atoms with Gasteiger partial charge in [-0.3, -0.25) is 9.69 Å². The van der Waals surface area contributed by atoms with Gasteiger partial charge in [0.25, 0.3) is 5.91 Å². The van der Waals surface area contributed by atoms with E-state index in [1.807, 2.05) is 0 Å². The highest BCUT2D eigenvalue weighted by atomic mass is 16.3. The molecule has 1 amide bonds. The van der Waals surface area contributed by atoms with Crippen LogP contribution in [0.3, 0.4) is 0 Å². The van der Waals surface area contributed by atoms with Crippen LogP contribution in [0.5, 0.6) is 0 Å². The number of hydrogen-bond acceptors (Lipinski definition) is 4. The molecule has 0 aromatic rings. The summed E-state index contributed by atoms with van der Waals surface area (Å²) in [5, 5.41) is 18.4. The van der Waals surface area contributed by atoms with Gasteiger partial charge in [0.1, 0.15) is 6.10 Å². The third kappa shape index (κ3) is 3.02. The Balaban J connectivity index is 1.74. The minimum Gasteiger partial charge on any atom is -0.395 e. The standard InChI is InChI=1S/C13H20N2O3/c16-10-11-4-3-8-14(11)6-1-2-7-15-9-5-12(17)13(15)18/h11-12,16-17H,3-10H2/t11-,12+/m1/s1. The van der Waals surface area contributed by atoms with E-state index in [1.165, 1.54) is 0 Å². The highest BCUT2D eigenvalue weighted by molar-refractivity contribution is 5.82. The number of carbonyl (C=O) groups is 1. The molecule has 0 aromatic heterocycles. The fourth-order valence-corrected chi connectivity index (χ4v) is 2.50. The van der Waals surface area contributed by atoms with Gasteiger partial charge in [-0.2, -0.15) is 0 Å². The molecule has 2 aliphatic rings. The maximum absolute atomic E-state index is 11.4. The van der Waals surface area contributed by atoms with Gasteiger partial charge in [0.15, 0.2) is 0 Å². The first-order chi connectivity index (χ1) is 8.72. The number of hydrogen-bond donors (Lipinski definition) is 2. The van der Waals surface area contributed by atoms with Crippen LogP contribution < -0.4 is 0 Å². The van der Waals surface area contributed by atoms with Crippen molar-refractivity contribution in [3.05, 3.63) is 0 Å². The zero-order valence-corrected chi connectivity index (χ0v) is 10.5. The first-order valence-corrected chi connectivity index (χ1v) is 6.50. The second-order valence-corrected chi connectivity index (χ2v) is 4.87. The molecule has 0 bridgehead atoms. The highest BCUT2D eigenvalue weighted by Crippen LogP contribution is 2.15. The maximum Gasteiger partial charge on any atom is 0.252 e. The molecule has 18 heavy (non-hydrogen) atoms. The molecule has 2 N–H and O–H groups in total. The highest BCUT2D eigenvalue weighted by Gasteiger charge is 2.28. The van der Waals surface area contributed by atoms with Gasteiger partial charge < -0.3 is 15.1 Å². The smallest absolute Gasteiger partial charge is 0.252 e. The molecule has 0 spiro atoms. The van der Waals surface area contributed by atoms with E-state index in [0.717, 1.165) is 19.4 Å². The van der Waals surface area contributed by atoms with E-state index in [9.17, 15) is 9.90 Å². The van der Waals surface area contributed by atoms with Crippen molar-refractivity contribution in [3.63, 3.8) is 0 Å². The van der Waals surface area contributed by atoms with Gasteiger partial charge in [-0.1, -0.05) is 11.8 Å². The van der Waals surface area contributed by atoms with Crippen LogP contribution >= 0.6 is 0 Å². The van der Waals surface area contributed by atoms with E-state index in [4.69, 9.17) is 5.11 Å². The Labute approximate surface area is 107 Å². The van der Waals surface area contributed by atoms with Crippen LogP contribution in [0, 0.1) is 11.8 Å². The fraction of sp³-hybridized carbons (Fsp3) is 0.769. The average molecular weight is 252 g/mol. The number of rotatable bonds is 3. The molecule has 0 unspecified atom stereocenters. The number of aliphatic hydroxyl groups excluding tert-OH is 2. The Morgan fingerprint density at radius 2 is 2.00 bits per heavy atom. The normalized spacial score (nSPS) is 28.6. The lowest BCUT2D eigenvalue weighted by molar-refractivity contribution is -0.133. The average Bonchev–Trinajstić information content (AvgIpc) is 2.95. The molecule has 5 nitrogen and oxygen atoms in total. The van der Waals surface area contributed by atoms with Gasteiger partial charge in [0.05, 0.1) is 19.7 Å². The summed E-state index contributed by atoms with van der Waals surface area (Å²) in [6.07, 6.45) is 1.84. The van der Waals surface area contributed by atoms with Crippen LogP contribution in [0.2, 0.25) is 0 Å². The van der Waals surface area contributed by atoms with Crippen LogP contribution in [0.1, 0.15) is 19.3 Å². The van der Waals surface area contributed by atoms with Crippen molar-refractivity contribution < 1.29 is 15.0 Å². The van der Waals surface area contributed by atoms with Gasteiger partial charge in [-0.05, 0) is 25.8 Å². The molecule has 0 aromatic carbocycles. The summed E-state index contributed by atoms with van der Waals surface area (Å²) in [7, 11) is 0. The number of nitrogens with zero attached hydrogens (tertiary/aromatic N) is 2. The predicted molar refractivity (Wildman–Crippen MR) is 66.7 cm³/mol. The minimum atomic E-state index is -0.829. The lowest BCUT2D eigenvalue weighted by Crippen LogP contribution is -2.32. The molecule has 2 fully saturated rings. The van der Waals surface area contributed by atoms with Crippen LogP contribution in [-0.4, -0.2) is 70.9 Å². The monoisotopic (exact) mass is 252 g/mol. The molecule has 2 atom stereocenters. The van der Waals surface area contributed by atoms with Crippen LogP contribution in [-0.2, 0) is 4.79 Å². The molecule has 0 aliphatic carbocycles. The number of likely N-dealkylation sites (tertiary alicyclic amines) is 2. The van der Waals surface area contributed by atoms with Crippen molar-refractivity contribution in [2.45, 2.75) is 31.4 Å². The molecular weight excluding hydrogens is 232 g/mol.